The van der Waals surface area contributed by atoms with Crippen molar-refractivity contribution in [3.63, 3.8) is 0 Å². The first kappa shape index (κ1) is 13.3. The summed E-state index contributed by atoms with van der Waals surface area (Å²) in [4.78, 5) is 4.40. The van der Waals surface area contributed by atoms with Gasteiger partial charge in [-0.3, -0.25) is 0 Å². The van der Waals surface area contributed by atoms with Gasteiger partial charge in [0.05, 0.1) is 4.90 Å². The lowest BCUT2D eigenvalue weighted by Crippen LogP contribution is -2.41. The fraction of sp³-hybridized carbons (Fsp3) is 0.583. The molecule has 1 saturated carbocycles. The van der Waals surface area contributed by atoms with Crippen LogP contribution in [0.4, 0.5) is 5.82 Å². The lowest BCUT2D eigenvalue weighted by atomic mass is 9.94. The molecule has 100 valence electrons. The van der Waals surface area contributed by atoms with Gasteiger partial charge in [-0.05, 0) is 25.8 Å². The molecule has 1 N–H and O–H groups in total. The van der Waals surface area contributed by atoms with Crippen LogP contribution < -0.4 is 5.32 Å². The van der Waals surface area contributed by atoms with E-state index in [1.807, 2.05) is 6.92 Å². The van der Waals surface area contributed by atoms with Crippen molar-refractivity contribution in [3.05, 3.63) is 18.3 Å². The number of sulfonamides is 1. The van der Waals surface area contributed by atoms with Crippen molar-refractivity contribution in [2.45, 2.75) is 37.1 Å². The highest BCUT2D eigenvalue weighted by Gasteiger charge is 2.31. The number of hydrogen-bond donors (Lipinski definition) is 1. The van der Waals surface area contributed by atoms with Crippen molar-refractivity contribution in [2.75, 3.05) is 18.9 Å². The second kappa shape index (κ2) is 5.24. The van der Waals surface area contributed by atoms with E-state index >= 15 is 0 Å². The Morgan fingerprint density at radius 3 is 2.78 bits per heavy atom. The molecule has 0 unspecified atom stereocenters. The largest absolute Gasteiger partial charge is 0.370 e. The Kier molecular flexibility index (Phi) is 3.87. The molecule has 5 nitrogen and oxygen atoms in total. The first-order valence-electron chi connectivity index (χ1n) is 6.23. The quantitative estimate of drug-likeness (QED) is 0.883. The topological polar surface area (TPSA) is 62.3 Å². The standard InChI is InChI=1S/C12H19N3O2S/c1-3-13-12-9-11(7-8-14-12)18(16,17)15(2)10-5-4-6-10/h7-10H,3-6H2,1-2H3,(H,13,14). The number of hydrogen-bond acceptors (Lipinski definition) is 4. The summed E-state index contributed by atoms with van der Waals surface area (Å²) in [7, 11) is -1.73. The van der Waals surface area contributed by atoms with E-state index in [2.05, 4.69) is 10.3 Å². The van der Waals surface area contributed by atoms with Crippen molar-refractivity contribution in [2.24, 2.45) is 0 Å². The Balaban J connectivity index is 2.25. The van der Waals surface area contributed by atoms with Crippen molar-refractivity contribution < 1.29 is 8.42 Å². The molecule has 1 aromatic rings. The second-order valence-electron chi connectivity index (χ2n) is 4.51. The molecular formula is C12H19N3O2S. The van der Waals surface area contributed by atoms with Crippen LogP contribution in [-0.2, 0) is 10.0 Å². The van der Waals surface area contributed by atoms with Gasteiger partial charge in [-0.2, -0.15) is 4.31 Å². The molecular weight excluding hydrogens is 250 g/mol. The molecule has 6 heteroatoms. The van der Waals surface area contributed by atoms with E-state index in [1.54, 1.807) is 19.2 Å². The van der Waals surface area contributed by atoms with Crippen LogP contribution in [0.1, 0.15) is 26.2 Å². The second-order valence-corrected chi connectivity index (χ2v) is 6.51. The molecule has 1 aliphatic carbocycles. The van der Waals surface area contributed by atoms with E-state index in [1.165, 1.54) is 10.5 Å². The van der Waals surface area contributed by atoms with Crippen LogP contribution in [0, 0.1) is 0 Å². The van der Waals surface area contributed by atoms with E-state index < -0.39 is 10.0 Å². The van der Waals surface area contributed by atoms with Crippen LogP contribution in [-0.4, -0.2) is 37.3 Å². The van der Waals surface area contributed by atoms with Gasteiger partial charge < -0.3 is 5.32 Å². The summed E-state index contributed by atoms with van der Waals surface area (Å²) in [5.74, 6) is 0.598. The molecule has 1 aromatic heterocycles. The minimum Gasteiger partial charge on any atom is -0.370 e. The number of nitrogens with one attached hydrogen (secondary N) is 1. The van der Waals surface area contributed by atoms with Gasteiger partial charge in [0.15, 0.2) is 0 Å². The molecule has 0 atom stereocenters. The minimum absolute atomic E-state index is 0.158. The van der Waals surface area contributed by atoms with E-state index in [-0.39, 0.29) is 6.04 Å². The third kappa shape index (κ3) is 2.49. The molecule has 0 radical (unpaired) electrons. The fourth-order valence-corrected chi connectivity index (χ4v) is 3.39. The zero-order valence-electron chi connectivity index (χ0n) is 10.8. The predicted molar refractivity (Wildman–Crippen MR) is 71.0 cm³/mol. The van der Waals surface area contributed by atoms with Crippen LogP contribution >= 0.6 is 0 Å². The maximum Gasteiger partial charge on any atom is 0.243 e. The van der Waals surface area contributed by atoms with Crippen LogP contribution in [0.25, 0.3) is 0 Å². The van der Waals surface area contributed by atoms with E-state index in [4.69, 9.17) is 0 Å². The van der Waals surface area contributed by atoms with E-state index in [0.29, 0.717) is 10.7 Å². The molecule has 0 amide bonds. The molecule has 0 saturated heterocycles. The molecule has 0 bridgehead atoms. The highest BCUT2D eigenvalue weighted by molar-refractivity contribution is 7.89. The van der Waals surface area contributed by atoms with Crippen LogP contribution in [0.3, 0.4) is 0 Å². The van der Waals surface area contributed by atoms with Crippen molar-refractivity contribution in [3.8, 4) is 0 Å². The van der Waals surface area contributed by atoms with Crippen molar-refractivity contribution >= 4 is 15.8 Å². The number of pyridine rings is 1. The summed E-state index contributed by atoms with van der Waals surface area (Å²) < 4.78 is 26.3. The normalized spacial score (nSPS) is 16.6. The van der Waals surface area contributed by atoms with E-state index in [9.17, 15) is 8.42 Å². The molecule has 1 heterocycles. The summed E-state index contributed by atoms with van der Waals surface area (Å²) in [5, 5.41) is 3.02. The summed E-state index contributed by atoms with van der Waals surface area (Å²) in [6.07, 6.45) is 4.56. The Hall–Kier alpha value is -1.14. The van der Waals surface area contributed by atoms with Gasteiger partial charge in [0.1, 0.15) is 5.82 Å². The zero-order valence-corrected chi connectivity index (χ0v) is 11.6. The van der Waals surface area contributed by atoms with Crippen LogP contribution in [0.15, 0.2) is 23.2 Å². The van der Waals surface area contributed by atoms with Crippen molar-refractivity contribution in [1.29, 1.82) is 0 Å². The smallest absolute Gasteiger partial charge is 0.243 e. The highest BCUT2D eigenvalue weighted by Crippen LogP contribution is 2.28. The minimum atomic E-state index is -3.39. The predicted octanol–water partition coefficient (Wildman–Crippen LogP) is 1.69. The highest BCUT2D eigenvalue weighted by atomic mass is 32.2. The lowest BCUT2D eigenvalue weighted by molar-refractivity contribution is 0.249. The fourth-order valence-electron chi connectivity index (χ4n) is 1.96. The van der Waals surface area contributed by atoms with Gasteiger partial charge in [-0.15, -0.1) is 0 Å². The summed E-state index contributed by atoms with van der Waals surface area (Å²) >= 11 is 0. The van der Waals surface area contributed by atoms with Gasteiger partial charge >= 0.3 is 0 Å². The lowest BCUT2D eigenvalue weighted by Gasteiger charge is -2.33. The van der Waals surface area contributed by atoms with Gasteiger partial charge in [-0.25, -0.2) is 13.4 Å². The maximum absolute atomic E-state index is 12.4. The van der Waals surface area contributed by atoms with Gasteiger partial charge in [-0.1, -0.05) is 6.42 Å². The number of anilines is 1. The molecule has 1 fully saturated rings. The zero-order chi connectivity index (χ0) is 13.2. The summed E-state index contributed by atoms with van der Waals surface area (Å²) in [5.41, 5.74) is 0. The van der Waals surface area contributed by atoms with Gasteiger partial charge in [0.25, 0.3) is 0 Å². The maximum atomic E-state index is 12.4. The third-order valence-corrected chi connectivity index (χ3v) is 5.26. The van der Waals surface area contributed by atoms with Gasteiger partial charge in [0, 0.05) is 31.9 Å². The third-order valence-electron chi connectivity index (χ3n) is 3.36. The van der Waals surface area contributed by atoms with E-state index in [0.717, 1.165) is 25.8 Å². The number of rotatable bonds is 5. The van der Waals surface area contributed by atoms with Crippen molar-refractivity contribution in [1.82, 2.24) is 9.29 Å². The number of aromatic nitrogens is 1. The molecule has 0 aromatic carbocycles. The Morgan fingerprint density at radius 1 is 1.50 bits per heavy atom. The first-order chi connectivity index (χ1) is 8.55. The molecule has 0 spiro atoms. The van der Waals surface area contributed by atoms with Crippen LogP contribution in [0.2, 0.25) is 0 Å². The summed E-state index contributed by atoms with van der Waals surface area (Å²) in [6.45, 7) is 2.66. The number of nitrogens with zero attached hydrogens (tertiary/aromatic N) is 2. The Morgan fingerprint density at radius 2 is 2.22 bits per heavy atom. The molecule has 18 heavy (non-hydrogen) atoms. The Bertz CT molecular complexity index is 512. The molecule has 2 rings (SSSR count). The average Bonchev–Trinajstić information content (AvgIpc) is 2.27. The summed E-state index contributed by atoms with van der Waals surface area (Å²) in [6, 6.07) is 3.30. The first-order valence-corrected chi connectivity index (χ1v) is 7.67. The SMILES string of the molecule is CCNc1cc(S(=O)(=O)N(C)C2CCC2)ccn1. The average molecular weight is 269 g/mol. The Labute approximate surface area is 108 Å². The molecule has 1 aliphatic rings. The van der Waals surface area contributed by atoms with Crippen LogP contribution in [0.5, 0.6) is 0 Å². The monoisotopic (exact) mass is 269 g/mol. The molecule has 0 aliphatic heterocycles. The van der Waals surface area contributed by atoms with Gasteiger partial charge in [0.2, 0.25) is 10.0 Å².